The normalized spacial score (nSPS) is 10.9. The zero-order valence-electron chi connectivity index (χ0n) is 11.4. The molecule has 0 heterocycles. The Morgan fingerprint density at radius 2 is 1.95 bits per heavy atom. The second kappa shape index (κ2) is 6.22. The highest BCUT2D eigenvalue weighted by molar-refractivity contribution is 5.80. The van der Waals surface area contributed by atoms with Gasteiger partial charge in [0.25, 0.3) is 0 Å². The van der Waals surface area contributed by atoms with Crippen molar-refractivity contribution in [2.45, 2.75) is 20.3 Å². The second-order valence-electron chi connectivity index (χ2n) is 4.95. The third kappa shape index (κ3) is 4.28. The molecule has 0 atom stereocenters. The summed E-state index contributed by atoms with van der Waals surface area (Å²) in [6, 6.07) is 7.24. The summed E-state index contributed by atoms with van der Waals surface area (Å²) in [5.41, 5.74) is -0.202. The zero-order valence-corrected chi connectivity index (χ0v) is 11.4. The van der Waals surface area contributed by atoms with Crippen LogP contribution in [0.5, 0.6) is 5.75 Å². The van der Waals surface area contributed by atoms with Gasteiger partial charge < -0.3 is 15.2 Å². The van der Waals surface area contributed by atoms with E-state index >= 15 is 0 Å². The SMILES string of the molecule is COc1ccccc1CC(=O)NCC(C)(C)C(=O)O. The maximum absolute atomic E-state index is 11.8. The minimum absolute atomic E-state index is 0.0936. The van der Waals surface area contributed by atoms with Gasteiger partial charge in [-0.05, 0) is 19.9 Å². The van der Waals surface area contributed by atoms with Crippen LogP contribution in [0.15, 0.2) is 24.3 Å². The van der Waals surface area contributed by atoms with E-state index in [9.17, 15) is 9.59 Å². The summed E-state index contributed by atoms with van der Waals surface area (Å²) < 4.78 is 5.16. The number of carbonyl (C=O) groups is 2. The molecule has 0 aliphatic carbocycles. The molecule has 1 amide bonds. The number of rotatable bonds is 6. The summed E-state index contributed by atoms with van der Waals surface area (Å²) in [5, 5.41) is 11.6. The number of carboxylic acid groups (broad SMARTS) is 1. The molecule has 0 aromatic heterocycles. The van der Waals surface area contributed by atoms with Crippen LogP contribution in [-0.4, -0.2) is 30.6 Å². The van der Waals surface area contributed by atoms with E-state index in [-0.39, 0.29) is 18.9 Å². The van der Waals surface area contributed by atoms with Crippen LogP contribution in [0.25, 0.3) is 0 Å². The van der Waals surface area contributed by atoms with E-state index in [0.29, 0.717) is 5.75 Å². The molecular weight excluding hydrogens is 246 g/mol. The molecule has 19 heavy (non-hydrogen) atoms. The summed E-state index contributed by atoms with van der Waals surface area (Å²) in [7, 11) is 1.55. The molecule has 1 aromatic rings. The number of methoxy groups -OCH3 is 1. The molecule has 1 rings (SSSR count). The number of aliphatic carboxylic acids is 1. The van der Waals surface area contributed by atoms with Gasteiger partial charge in [0, 0.05) is 12.1 Å². The molecule has 104 valence electrons. The third-order valence-electron chi connectivity index (χ3n) is 2.85. The molecule has 2 N–H and O–H groups in total. The summed E-state index contributed by atoms with van der Waals surface area (Å²) in [4.78, 5) is 22.7. The van der Waals surface area contributed by atoms with Gasteiger partial charge in [0.1, 0.15) is 5.75 Å². The van der Waals surface area contributed by atoms with Crippen LogP contribution < -0.4 is 10.1 Å². The maximum Gasteiger partial charge on any atom is 0.310 e. The Kier molecular flexibility index (Phi) is 4.92. The fraction of sp³-hybridized carbons (Fsp3) is 0.429. The predicted octanol–water partition coefficient (Wildman–Crippen LogP) is 1.46. The molecule has 0 saturated heterocycles. The summed E-state index contributed by atoms with van der Waals surface area (Å²) >= 11 is 0. The van der Waals surface area contributed by atoms with Gasteiger partial charge in [0.15, 0.2) is 0 Å². The molecule has 0 aliphatic rings. The monoisotopic (exact) mass is 265 g/mol. The van der Waals surface area contributed by atoms with E-state index in [4.69, 9.17) is 9.84 Å². The molecule has 1 aromatic carbocycles. The Morgan fingerprint density at radius 3 is 2.53 bits per heavy atom. The Balaban J connectivity index is 2.59. The van der Waals surface area contributed by atoms with Gasteiger partial charge >= 0.3 is 5.97 Å². The number of carbonyl (C=O) groups excluding carboxylic acids is 1. The lowest BCUT2D eigenvalue weighted by Crippen LogP contribution is -2.39. The Hall–Kier alpha value is -2.04. The van der Waals surface area contributed by atoms with Crippen molar-refractivity contribution in [1.82, 2.24) is 5.32 Å². The molecule has 0 bridgehead atoms. The Bertz CT molecular complexity index is 468. The van der Waals surface area contributed by atoms with E-state index in [1.54, 1.807) is 33.1 Å². The van der Waals surface area contributed by atoms with Crippen molar-refractivity contribution < 1.29 is 19.4 Å². The smallest absolute Gasteiger partial charge is 0.310 e. The van der Waals surface area contributed by atoms with Gasteiger partial charge in [-0.2, -0.15) is 0 Å². The van der Waals surface area contributed by atoms with Gasteiger partial charge in [-0.1, -0.05) is 18.2 Å². The number of benzene rings is 1. The van der Waals surface area contributed by atoms with Gasteiger partial charge in [-0.15, -0.1) is 0 Å². The second-order valence-corrected chi connectivity index (χ2v) is 4.95. The molecule has 0 saturated carbocycles. The van der Waals surface area contributed by atoms with E-state index in [1.165, 1.54) is 0 Å². The van der Waals surface area contributed by atoms with Gasteiger partial charge in [0.05, 0.1) is 18.9 Å². The average Bonchev–Trinajstić information content (AvgIpc) is 2.37. The van der Waals surface area contributed by atoms with E-state index < -0.39 is 11.4 Å². The lowest BCUT2D eigenvalue weighted by atomic mass is 9.94. The highest BCUT2D eigenvalue weighted by Crippen LogP contribution is 2.18. The van der Waals surface area contributed by atoms with Crippen LogP contribution in [0, 0.1) is 5.41 Å². The lowest BCUT2D eigenvalue weighted by molar-refractivity contribution is -0.146. The topological polar surface area (TPSA) is 75.6 Å². The van der Waals surface area contributed by atoms with Crippen molar-refractivity contribution in [3.63, 3.8) is 0 Å². The Labute approximate surface area is 112 Å². The number of hydrogen-bond acceptors (Lipinski definition) is 3. The van der Waals surface area contributed by atoms with Crippen molar-refractivity contribution in [3.05, 3.63) is 29.8 Å². The fourth-order valence-corrected chi connectivity index (χ4v) is 1.48. The summed E-state index contributed by atoms with van der Waals surface area (Å²) in [6.45, 7) is 3.23. The van der Waals surface area contributed by atoms with Crippen LogP contribution in [0.4, 0.5) is 0 Å². The molecule has 5 nitrogen and oxygen atoms in total. The number of hydrogen-bond donors (Lipinski definition) is 2. The number of amides is 1. The van der Waals surface area contributed by atoms with Crippen LogP contribution in [0.3, 0.4) is 0 Å². The molecule has 0 radical (unpaired) electrons. The Morgan fingerprint density at radius 1 is 1.32 bits per heavy atom. The molecular formula is C14H19NO4. The first-order valence-electron chi connectivity index (χ1n) is 5.99. The third-order valence-corrected chi connectivity index (χ3v) is 2.85. The van der Waals surface area contributed by atoms with Gasteiger partial charge in [-0.25, -0.2) is 0 Å². The first-order valence-corrected chi connectivity index (χ1v) is 5.99. The largest absolute Gasteiger partial charge is 0.496 e. The number of carboxylic acids is 1. The van der Waals surface area contributed by atoms with Crippen molar-refractivity contribution in [2.75, 3.05) is 13.7 Å². The molecule has 0 fully saturated rings. The molecule has 0 spiro atoms. The molecule has 5 heteroatoms. The quantitative estimate of drug-likeness (QED) is 0.816. The van der Waals surface area contributed by atoms with Crippen molar-refractivity contribution in [1.29, 1.82) is 0 Å². The minimum atomic E-state index is -0.976. The number of para-hydroxylation sites is 1. The summed E-state index contributed by atoms with van der Waals surface area (Å²) in [5.74, 6) is -0.515. The van der Waals surface area contributed by atoms with E-state index in [1.807, 2.05) is 12.1 Å². The molecule has 0 unspecified atom stereocenters. The maximum atomic E-state index is 11.8. The minimum Gasteiger partial charge on any atom is -0.496 e. The fourth-order valence-electron chi connectivity index (χ4n) is 1.48. The number of ether oxygens (including phenoxy) is 1. The van der Waals surface area contributed by atoms with E-state index in [0.717, 1.165) is 5.56 Å². The summed E-state index contributed by atoms with van der Waals surface area (Å²) in [6.07, 6.45) is 0.166. The van der Waals surface area contributed by atoms with E-state index in [2.05, 4.69) is 5.32 Å². The highest BCUT2D eigenvalue weighted by Gasteiger charge is 2.27. The van der Waals surface area contributed by atoms with Gasteiger partial charge in [-0.3, -0.25) is 9.59 Å². The van der Waals surface area contributed by atoms with Crippen LogP contribution >= 0.6 is 0 Å². The van der Waals surface area contributed by atoms with Gasteiger partial charge in [0.2, 0.25) is 5.91 Å². The van der Waals surface area contributed by atoms with Crippen LogP contribution in [0.1, 0.15) is 19.4 Å². The van der Waals surface area contributed by atoms with Crippen LogP contribution in [-0.2, 0) is 16.0 Å². The highest BCUT2D eigenvalue weighted by atomic mass is 16.5. The van der Waals surface area contributed by atoms with Crippen molar-refractivity contribution in [2.24, 2.45) is 5.41 Å². The van der Waals surface area contributed by atoms with Crippen LogP contribution in [0.2, 0.25) is 0 Å². The van der Waals surface area contributed by atoms with Crippen molar-refractivity contribution in [3.8, 4) is 5.75 Å². The zero-order chi connectivity index (χ0) is 14.5. The first-order chi connectivity index (χ1) is 8.86. The average molecular weight is 265 g/mol. The predicted molar refractivity (Wildman–Crippen MR) is 71.1 cm³/mol. The standard InChI is InChI=1S/C14H19NO4/c1-14(2,13(17)18)9-15-12(16)8-10-6-4-5-7-11(10)19-3/h4-7H,8-9H2,1-3H3,(H,15,16)(H,17,18). The van der Waals surface area contributed by atoms with Crippen molar-refractivity contribution >= 4 is 11.9 Å². The first kappa shape index (κ1) is 15.0. The lowest BCUT2D eigenvalue weighted by Gasteiger charge is -2.19. The molecule has 0 aliphatic heterocycles. The number of nitrogens with one attached hydrogen (secondary N) is 1.